The summed E-state index contributed by atoms with van der Waals surface area (Å²) in [7, 11) is 1.38. The maximum absolute atomic E-state index is 12.0. The number of carbonyl (C=O) groups excluding carboxylic acids is 1. The van der Waals surface area contributed by atoms with Crippen LogP contribution in [0.2, 0.25) is 0 Å². The van der Waals surface area contributed by atoms with Gasteiger partial charge in [0.25, 0.3) is 5.91 Å². The molecule has 8 nitrogen and oxygen atoms in total. The van der Waals surface area contributed by atoms with E-state index in [2.05, 4.69) is 15.3 Å². The molecular weight excluding hydrogens is 278 g/mol. The van der Waals surface area contributed by atoms with E-state index < -0.39 is 11.9 Å². The first-order valence-electron chi connectivity index (χ1n) is 5.75. The van der Waals surface area contributed by atoms with Gasteiger partial charge in [0.1, 0.15) is 0 Å². The zero-order valence-corrected chi connectivity index (χ0v) is 10.9. The molecule has 1 amide bonds. The van der Waals surface area contributed by atoms with Crippen molar-refractivity contribution in [1.82, 2.24) is 9.97 Å². The number of amides is 1. The molecule has 0 fully saturated rings. The first-order chi connectivity index (χ1) is 10.0. The largest absolute Gasteiger partial charge is 0.504 e. The first-order valence-corrected chi connectivity index (χ1v) is 5.75. The van der Waals surface area contributed by atoms with Crippen LogP contribution < -0.4 is 10.1 Å². The quantitative estimate of drug-likeness (QED) is 0.771. The second-order valence-electron chi connectivity index (χ2n) is 3.90. The van der Waals surface area contributed by atoms with Crippen molar-refractivity contribution in [3.8, 4) is 11.5 Å². The summed E-state index contributed by atoms with van der Waals surface area (Å²) in [5.74, 6) is -2.10. The number of aromatic carboxylic acids is 1. The molecule has 0 saturated carbocycles. The molecule has 1 aromatic heterocycles. The lowest BCUT2D eigenvalue weighted by Gasteiger charge is -2.08. The molecule has 0 aliphatic carbocycles. The van der Waals surface area contributed by atoms with Gasteiger partial charge in [-0.15, -0.1) is 0 Å². The Labute approximate surface area is 119 Å². The van der Waals surface area contributed by atoms with E-state index in [4.69, 9.17) is 9.84 Å². The number of methoxy groups -OCH3 is 1. The van der Waals surface area contributed by atoms with E-state index in [1.54, 1.807) is 0 Å². The van der Waals surface area contributed by atoms with Gasteiger partial charge in [-0.25, -0.2) is 14.8 Å². The van der Waals surface area contributed by atoms with Crippen molar-refractivity contribution in [2.75, 3.05) is 12.4 Å². The average Bonchev–Trinajstić information content (AvgIpc) is 2.47. The van der Waals surface area contributed by atoms with Gasteiger partial charge in [0.05, 0.1) is 7.11 Å². The summed E-state index contributed by atoms with van der Waals surface area (Å²) in [6.45, 7) is 0. The van der Waals surface area contributed by atoms with Gasteiger partial charge >= 0.3 is 5.97 Å². The predicted molar refractivity (Wildman–Crippen MR) is 71.6 cm³/mol. The molecule has 0 saturated heterocycles. The van der Waals surface area contributed by atoms with Gasteiger partial charge < -0.3 is 20.3 Å². The molecule has 0 atom stereocenters. The summed E-state index contributed by atoms with van der Waals surface area (Å²) in [6.07, 6.45) is 2.46. The number of aromatic hydroxyl groups is 1. The van der Waals surface area contributed by atoms with Gasteiger partial charge in [0.2, 0.25) is 0 Å². The van der Waals surface area contributed by atoms with Crippen LogP contribution in [0.15, 0.2) is 30.6 Å². The third-order valence-corrected chi connectivity index (χ3v) is 2.57. The highest BCUT2D eigenvalue weighted by atomic mass is 16.5. The minimum absolute atomic E-state index is 0.121. The highest BCUT2D eigenvalue weighted by molar-refractivity contribution is 6.06. The third kappa shape index (κ3) is 3.06. The van der Waals surface area contributed by atoms with Crippen molar-refractivity contribution in [2.45, 2.75) is 0 Å². The second kappa shape index (κ2) is 5.87. The Balaban J connectivity index is 2.26. The number of carbonyl (C=O) groups is 2. The molecule has 3 N–H and O–H groups in total. The SMILES string of the molecule is COc1ccc(C(=O)Nc2nccnc2C(=O)O)cc1O. The van der Waals surface area contributed by atoms with Crippen LogP contribution in [0, 0.1) is 0 Å². The number of phenolic OH excluding ortho intramolecular Hbond substituents is 1. The van der Waals surface area contributed by atoms with E-state index in [1.807, 2.05) is 0 Å². The van der Waals surface area contributed by atoms with Crippen molar-refractivity contribution in [3.05, 3.63) is 41.9 Å². The molecule has 1 aromatic carbocycles. The number of ether oxygens (including phenoxy) is 1. The van der Waals surface area contributed by atoms with Crippen molar-refractivity contribution >= 4 is 17.7 Å². The molecule has 8 heteroatoms. The lowest BCUT2D eigenvalue weighted by Crippen LogP contribution is -2.17. The topological polar surface area (TPSA) is 122 Å². The van der Waals surface area contributed by atoms with E-state index in [0.29, 0.717) is 0 Å². The normalized spacial score (nSPS) is 9.95. The van der Waals surface area contributed by atoms with Crippen LogP contribution in [0.1, 0.15) is 20.8 Å². The highest BCUT2D eigenvalue weighted by Crippen LogP contribution is 2.26. The Kier molecular flexibility index (Phi) is 3.98. The van der Waals surface area contributed by atoms with Gasteiger partial charge in [-0.3, -0.25) is 4.79 Å². The Morgan fingerprint density at radius 1 is 1.24 bits per heavy atom. The van der Waals surface area contributed by atoms with E-state index in [9.17, 15) is 14.7 Å². The second-order valence-corrected chi connectivity index (χ2v) is 3.90. The third-order valence-electron chi connectivity index (χ3n) is 2.57. The van der Waals surface area contributed by atoms with E-state index in [0.717, 1.165) is 0 Å². The van der Waals surface area contributed by atoms with Crippen LogP contribution in [0.25, 0.3) is 0 Å². The van der Waals surface area contributed by atoms with Crippen LogP contribution in [0.3, 0.4) is 0 Å². The molecule has 1 heterocycles. The zero-order chi connectivity index (χ0) is 15.4. The molecule has 0 aliphatic rings. The number of phenols is 1. The summed E-state index contributed by atoms with van der Waals surface area (Å²) in [5, 5.41) is 20.9. The van der Waals surface area contributed by atoms with Crippen molar-refractivity contribution in [2.24, 2.45) is 0 Å². The predicted octanol–water partition coefficient (Wildman–Crippen LogP) is 1.14. The number of anilines is 1. The molecule has 108 valence electrons. The van der Waals surface area contributed by atoms with E-state index >= 15 is 0 Å². The molecule has 2 rings (SSSR count). The minimum Gasteiger partial charge on any atom is -0.504 e. The molecule has 0 unspecified atom stereocenters. The molecule has 21 heavy (non-hydrogen) atoms. The standard InChI is InChI=1S/C13H11N3O5/c1-21-9-3-2-7(6-8(9)17)12(18)16-11-10(13(19)20)14-4-5-15-11/h2-6,17H,1H3,(H,19,20)(H,15,16,18). The maximum Gasteiger partial charge on any atom is 0.358 e. The monoisotopic (exact) mass is 289 g/mol. The van der Waals surface area contributed by atoms with Crippen LogP contribution in [0.4, 0.5) is 5.82 Å². The number of carboxylic acid groups (broad SMARTS) is 1. The molecule has 0 bridgehead atoms. The van der Waals surface area contributed by atoms with Gasteiger partial charge in [-0.2, -0.15) is 0 Å². The van der Waals surface area contributed by atoms with Crippen LogP contribution in [-0.2, 0) is 0 Å². The number of hydrogen-bond acceptors (Lipinski definition) is 6. The molecule has 0 spiro atoms. The summed E-state index contributed by atoms with van der Waals surface area (Å²) < 4.78 is 4.87. The number of benzene rings is 1. The Morgan fingerprint density at radius 2 is 1.95 bits per heavy atom. The smallest absolute Gasteiger partial charge is 0.358 e. The number of nitrogens with one attached hydrogen (secondary N) is 1. The van der Waals surface area contributed by atoms with Gasteiger partial charge in [0, 0.05) is 18.0 Å². The van der Waals surface area contributed by atoms with E-state index in [-0.39, 0.29) is 28.6 Å². The lowest BCUT2D eigenvalue weighted by atomic mass is 10.2. The highest BCUT2D eigenvalue weighted by Gasteiger charge is 2.16. The van der Waals surface area contributed by atoms with E-state index in [1.165, 1.54) is 37.7 Å². The Hall–Kier alpha value is -3.16. The number of carboxylic acids is 1. The van der Waals surface area contributed by atoms with Crippen LogP contribution in [0.5, 0.6) is 11.5 Å². The number of nitrogens with zero attached hydrogens (tertiary/aromatic N) is 2. The van der Waals surface area contributed by atoms with Crippen LogP contribution in [-0.4, -0.2) is 39.2 Å². The fourth-order valence-electron chi connectivity index (χ4n) is 1.60. The molecule has 0 radical (unpaired) electrons. The number of aromatic nitrogens is 2. The summed E-state index contributed by atoms with van der Waals surface area (Å²) >= 11 is 0. The number of hydrogen-bond donors (Lipinski definition) is 3. The Bertz CT molecular complexity index is 702. The summed E-state index contributed by atoms with van der Waals surface area (Å²) in [4.78, 5) is 30.4. The van der Waals surface area contributed by atoms with Gasteiger partial charge in [-0.05, 0) is 18.2 Å². The molecule has 2 aromatic rings. The van der Waals surface area contributed by atoms with Crippen LogP contribution >= 0.6 is 0 Å². The summed E-state index contributed by atoms with van der Waals surface area (Å²) in [5.41, 5.74) is -0.251. The Morgan fingerprint density at radius 3 is 2.57 bits per heavy atom. The zero-order valence-electron chi connectivity index (χ0n) is 10.9. The molecule has 0 aliphatic heterocycles. The van der Waals surface area contributed by atoms with Gasteiger partial charge in [0.15, 0.2) is 23.0 Å². The van der Waals surface area contributed by atoms with Crippen molar-refractivity contribution < 1.29 is 24.5 Å². The number of rotatable bonds is 4. The molecular formula is C13H11N3O5. The fourth-order valence-corrected chi connectivity index (χ4v) is 1.60. The fraction of sp³-hybridized carbons (Fsp3) is 0.0769. The summed E-state index contributed by atoms with van der Waals surface area (Å²) in [6, 6.07) is 4.04. The lowest BCUT2D eigenvalue weighted by molar-refractivity contribution is 0.0691. The van der Waals surface area contributed by atoms with Crippen molar-refractivity contribution in [3.63, 3.8) is 0 Å². The van der Waals surface area contributed by atoms with Crippen molar-refractivity contribution in [1.29, 1.82) is 0 Å². The first kappa shape index (κ1) is 14.3. The minimum atomic E-state index is -1.31. The average molecular weight is 289 g/mol. The van der Waals surface area contributed by atoms with Gasteiger partial charge in [-0.1, -0.05) is 0 Å². The maximum atomic E-state index is 12.0.